The topological polar surface area (TPSA) is 41.1 Å². The molecule has 2 aromatic carbocycles. The fourth-order valence-corrected chi connectivity index (χ4v) is 3.07. The first-order chi connectivity index (χ1) is 12.4. The van der Waals surface area contributed by atoms with Crippen molar-refractivity contribution in [3.63, 3.8) is 0 Å². The average Bonchev–Trinajstić information content (AvgIpc) is 3.16. The van der Waals surface area contributed by atoms with Crippen LogP contribution in [0, 0.1) is 5.92 Å². The number of alkyl halides is 3. The Morgan fingerprint density at radius 1 is 1.04 bits per heavy atom. The van der Waals surface area contributed by atoms with Crippen LogP contribution in [0.2, 0.25) is 0 Å². The van der Waals surface area contributed by atoms with Gasteiger partial charge < -0.3 is 10.6 Å². The van der Waals surface area contributed by atoms with Crippen molar-refractivity contribution in [3.05, 3.63) is 59.7 Å². The van der Waals surface area contributed by atoms with Gasteiger partial charge in [-0.2, -0.15) is 13.2 Å². The number of nitrogens with one attached hydrogen (secondary N) is 2. The molecule has 2 aromatic rings. The van der Waals surface area contributed by atoms with Crippen LogP contribution in [0.4, 0.5) is 13.2 Å². The van der Waals surface area contributed by atoms with Crippen molar-refractivity contribution < 1.29 is 18.0 Å². The van der Waals surface area contributed by atoms with Gasteiger partial charge in [-0.05, 0) is 48.2 Å². The first-order valence-electron chi connectivity index (χ1n) is 8.68. The molecule has 0 saturated carbocycles. The van der Waals surface area contributed by atoms with E-state index in [2.05, 4.69) is 10.6 Å². The van der Waals surface area contributed by atoms with Gasteiger partial charge in [0, 0.05) is 13.1 Å². The van der Waals surface area contributed by atoms with Gasteiger partial charge in [0.2, 0.25) is 5.91 Å². The lowest BCUT2D eigenvalue weighted by atomic mass is 10.0. The van der Waals surface area contributed by atoms with Crippen molar-refractivity contribution >= 4 is 18.3 Å². The second-order valence-corrected chi connectivity index (χ2v) is 6.50. The lowest BCUT2D eigenvalue weighted by molar-refractivity contribution is -0.137. The molecule has 1 unspecified atom stereocenters. The highest BCUT2D eigenvalue weighted by molar-refractivity contribution is 5.85. The van der Waals surface area contributed by atoms with Gasteiger partial charge in [0.1, 0.15) is 0 Å². The fourth-order valence-electron chi connectivity index (χ4n) is 3.07. The van der Waals surface area contributed by atoms with E-state index in [-0.39, 0.29) is 24.2 Å². The van der Waals surface area contributed by atoms with E-state index in [1.54, 1.807) is 0 Å². The molecule has 1 heterocycles. The third kappa shape index (κ3) is 5.71. The first kappa shape index (κ1) is 21.3. The number of amides is 1. The number of halogens is 4. The van der Waals surface area contributed by atoms with Crippen molar-refractivity contribution in [1.82, 2.24) is 10.6 Å². The van der Waals surface area contributed by atoms with Crippen molar-refractivity contribution in [2.24, 2.45) is 5.92 Å². The average molecular weight is 399 g/mol. The second kappa shape index (κ2) is 9.24. The maximum absolute atomic E-state index is 12.6. The Kier molecular flexibility index (Phi) is 7.27. The molecular formula is C20H22ClF3N2O. The molecule has 1 saturated heterocycles. The summed E-state index contributed by atoms with van der Waals surface area (Å²) in [6.07, 6.45) is -2.71. The summed E-state index contributed by atoms with van der Waals surface area (Å²) in [6.45, 7) is 2.21. The van der Waals surface area contributed by atoms with Crippen LogP contribution in [-0.4, -0.2) is 25.5 Å². The van der Waals surface area contributed by atoms with E-state index in [0.29, 0.717) is 6.54 Å². The highest BCUT2D eigenvalue weighted by Gasteiger charge is 2.29. The minimum Gasteiger partial charge on any atom is -0.355 e. The van der Waals surface area contributed by atoms with Gasteiger partial charge in [-0.15, -0.1) is 12.4 Å². The molecule has 0 aliphatic carbocycles. The van der Waals surface area contributed by atoms with Crippen LogP contribution >= 0.6 is 12.4 Å². The number of rotatable bonds is 5. The fraction of sp³-hybridized carbons (Fsp3) is 0.350. The van der Waals surface area contributed by atoms with Crippen LogP contribution in [0.5, 0.6) is 0 Å². The van der Waals surface area contributed by atoms with Gasteiger partial charge in [-0.1, -0.05) is 36.4 Å². The van der Waals surface area contributed by atoms with Gasteiger partial charge in [0.05, 0.1) is 11.5 Å². The van der Waals surface area contributed by atoms with Crippen molar-refractivity contribution in [3.8, 4) is 11.1 Å². The van der Waals surface area contributed by atoms with Gasteiger partial charge in [-0.3, -0.25) is 4.79 Å². The monoisotopic (exact) mass is 398 g/mol. The highest BCUT2D eigenvalue weighted by Crippen LogP contribution is 2.31. The van der Waals surface area contributed by atoms with Crippen LogP contribution in [-0.2, 0) is 17.4 Å². The third-order valence-corrected chi connectivity index (χ3v) is 4.64. The minimum atomic E-state index is -4.32. The molecule has 1 fully saturated rings. The molecule has 1 atom stereocenters. The van der Waals surface area contributed by atoms with Crippen LogP contribution < -0.4 is 10.6 Å². The summed E-state index contributed by atoms with van der Waals surface area (Å²) in [4.78, 5) is 11.9. The Labute approximate surface area is 162 Å². The Morgan fingerprint density at radius 3 is 2.15 bits per heavy atom. The Hall–Kier alpha value is -2.05. The van der Waals surface area contributed by atoms with Gasteiger partial charge in [0.25, 0.3) is 0 Å². The van der Waals surface area contributed by atoms with Crippen LogP contribution in [0.15, 0.2) is 48.5 Å². The summed E-state index contributed by atoms with van der Waals surface area (Å²) in [5.74, 6) is 0.161. The molecule has 1 amide bonds. The normalized spacial score (nSPS) is 16.6. The van der Waals surface area contributed by atoms with Gasteiger partial charge >= 0.3 is 6.18 Å². The van der Waals surface area contributed by atoms with Gasteiger partial charge in [0.15, 0.2) is 0 Å². The molecule has 0 aromatic heterocycles. The zero-order valence-electron chi connectivity index (χ0n) is 14.7. The Balaban J connectivity index is 0.00000261. The molecule has 1 aliphatic rings. The highest BCUT2D eigenvalue weighted by atomic mass is 35.5. The Morgan fingerprint density at radius 2 is 1.63 bits per heavy atom. The van der Waals surface area contributed by atoms with Crippen LogP contribution in [0.1, 0.15) is 17.5 Å². The maximum Gasteiger partial charge on any atom is 0.416 e. The van der Waals surface area contributed by atoms with E-state index in [1.807, 2.05) is 24.3 Å². The lowest BCUT2D eigenvalue weighted by Gasteiger charge is -2.10. The standard InChI is InChI=1S/C20H21F3N2O.ClH/c21-20(22,23)18-7-5-16(6-8-18)15-3-1-14(2-4-15)9-12-25-19(26)17-10-11-24-13-17;/h1-8,17,24H,9-13H2,(H,25,26);1H. The quantitative estimate of drug-likeness (QED) is 0.797. The molecule has 27 heavy (non-hydrogen) atoms. The van der Waals surface area contributed by atoms with Gasteiger partial charge in [-0.25, -0.2) is 0 Å². The summed E-state index contributed by atoms with van der Waals surface area (Å²) >= 11 is 0. The van der Waals surface area contributed by atoms with E-state index in [0.717, 1.165) is 54.8 Å². The maximum atomic E-state index is 12.6. The van der Waals surface area contributed by atoms with Crippen molar-refractivity contribution in [2.45, 2.75) is 19.0 Å². The summed E-state index contributed by atoms with van der Waals surface area (Å²) in [7, 11) is 0. The SMILES string of the molecule is Cl.O=C(NCCc1ccc(-c2ccc(C(F)(F)F)cc2)cc1)C1CCNC1. The number of hydrogen-bond donors (Lipinski definition) is 2. The summed E-state index contributed by atoms with van der Waals surface area (Å²) in [5.41, 5.74) is 2.03. The number of carbonyl (C=O) groups is 1. The predicted molar refractivity (Wildman–Crippen MR) is 102 cm³/mol. The molecule has 3 rings (SSSR count). The smallest absolute Gasteiger partial charge is 0.355 e. The molecule has 7 heteroatoms. The third-order valence-electron chi connectivity index (χ3n) is 4.64. The second-order valence-electron chi connectivity index (χ2n) is 6.50. The summed E-state index contributed by atoms with van der Waals surface area (Å²) < 4.78 is 37.8. The van der Waals surface area contributed by atoms with E-state index >= 15 is 0 Å². The van der Waals surface area contributed by atoms with E-state index in [1.165, 1.54) is 12.1 Å². The van der Waals surface area contributed by atoms with Crippen molar-refractivity contribution in [1.29, 1.82) is 0 Å². The van der Waals surface area contributed by atoms with Crippen LogP contribution in [0.25, 0.3) is 11.1 Å². The number of carbonyl (C=O) groups excluding carboxylic acids is 1. The molecule has 3 nitrogen and oxygen atoms in total. The van der Waals surface area contributed by atoms with E-state index in [9.17, 15) is 18.0 Å². The molecule has 0 bridgehead atoms. The summed E-state index contributed by atoms with van der Waals surface area (Å²) in [6, 6.07) is 12.8. The van der Waals surface area contributed by atoms with E-state index < -0.39 is 11.7 Å². The zero-order valence-corrected chi connectivity index (χ0v) is 15.5. The predicted octanol–water partition coefficient (Wildman–Crippen LogP) is 4.06. The lowest BCUT2D eigenvalue weighted by Crippen LogP contribution is -2.33. The number of benzene rings is 2. The minimum absolute atomic E-state index is 0. The molecule has 146 valence electrons. The van der Waals surface area contributed by atoms with Crippen LogP contribution in [0.3, 0.4) is 0 Å². The molecule has 0 spiro atoms. The summed E-state index contributed by atoms with van der Waals surface area (Å²) in [5, 5.41) is 6.13. The van der Waals surface area contributed by atoms with Crippen molar-refractivity contribution in [2.75, 3.05) is 19.6 Å². The van der Waals surface area contributed by atoms with E-state index in [4.69, 9.17) is 0 Å². The Bertz CT molecular complexity index is 739. The largest absolute Gasteiger partial charge is 0.416 e. The number of hydrogen-bond acceptors (Lipinski definition) is 2. The first-order valence-corrected chi connectivity index (χ1v) is 8.68. The molecule has 2 N–H and O–H groups in total. The molecule has 1 aliphatic heterocycles. The zero-order chi connectivity index (χ0) is 18.6. The molecule has 0 radical (unpaired) electrons. The molecular weight excluding hydrogens is 377 g/mol.